The van der Waals surface area contributed by atoms with Crippen molar-refractivity contribution in [1.29, 1.82) is 0 Å². The van der Waals surface area contributed by atoms with Gasteiger partial charge in [0.05, 0.1) is 13.2 Å². The highest BCUT2D eigenvalue weighted by Gasteiger charge is 2.05. The fourth-order valence-corrected chi connectivity index (χ4v) is 3.64. The largest absolute Gasteiger partial charge is 0.491 e. The summed E-state index contributed by atoms with van der Waals surface area (Å²) in [6, 6.07) is 15.4. The van der Waals surface area contributed by atoms with Crippen molar-refractivity contribution in [3.8, 4) is 11.5 Å². The Balaban J connectivity index is 1.78. The van der Waals surface area contributed by atoms with Gasteiger partial charge in [0.2, 0.25) is 0 Å². The van der Waals surface area contributed by atoms with Crippen LogP contribution in [0.25, 0.3) is 0 Å². The van der Waals surface area contributed by atoms with Crippen molar-refractivity contribution >= 4 is 11.4 Å². The molecule has 2 aromatic carbocycles. The molecule has 188 valence electrons. The molecule has 0 aliphatic carbocycles. The smallest absolute Gasteiger partial charge is 0.146 e. The van der Waals surface area contributed by atoms with Gasteiger partial charge in [0.25, 0.3) is 0 Å². The standard InChI is InChI=1S/C28H42N2O4/c31-21-13-5-1-3-7-15-23-33-27-19-11-9-17-25(27)29-30-26-18-10-12-20-28(26)34-24-16-8-4-2-6-14-22-32/h9-12,17-20,31-32H,1-8,13-16,21-24H2. The van der Waals surface area contributed by atoms with Gasteiger partial charge in [-0.25, -0.2) is 0 Å². The van der Waals surface area contributed by atoms with Gasteiger partial charge in [-0.3, -0.25) is 0 Å². The van der Waals surface area contributed by atoms with Crippen LogP contribution in [0.15, 0.2) is 58.8 Å². The first-order chi connectivity index (χ1) is 16.8. The van der Waals surface area contributed by atoms with Gasteiger partial charge in [0, 0.05) is 13.2 Å². The lowest BCUT2D eigenvalue weighted by Gasteiger charge is -2.09. The molecule has 6 heteroatoms. The number of hydrogen-bond donors (Lipinski definition) is 2. The predicted octanol–water partition coefficient (Wildman–Crippen LogP) is 7.53. The van der Waals surface area contributed by atoms with E-state index in [2.05, 4.69) is 10.2 Å². The molecule has 0 aliphatic heterocycles. The number of aliphatic hydroxyl groups excluding tert-OH is 2. The summed E-state index contributed by atoms with van der Waals surface area (Å²) in [5.74, 6) is 1.48. The van der Waals surface area contributed by atoms with Crippen molar-refractivity contribution in [2.24, 2.45) is 10.2 Å². The minimum Gasteiger partial charge on any atom is -0.491 e. The monoisotopic (exact) mass is 470 g/mol. The number of ether oxygens (including phenoxy) is 2. The molecule has 6 nitrogen and oxygen atoms in total. The Hall–Kier alpha value is -2.44. The summed E-state index contributed by atoms with van der Waals surface area (Å²) in [5.41, 5.74) is 1.42. The Morgan fingerprint density at radius 1 is 0.471 bits per heavy atom. The average Bonchev–Trinajstić information content (AvgIpc) is 2.87. The quantitative estimate of drug-likeness (QED) is 0.155. The number of aliphatic hydroxyl groups is 2. The summed E-state index contributed by atoms with van der Waals surface area (Å²) < 4.78 is 11.9. The number of benzene rings is 2. The molecule has 2 N–H and O–H groups in total. The van der Waals surface area contributed by atoms with E-state index in [1.807, 2.05) is 48.5 Å². The van der Waals surface area contributed by atoms with E-state index in [0.29, 0.717) is 24.6 Å². The van der Waals surface area contributed by atoms with Crippen molar-refractivity contribution in [2.75, 3.05) is 26.4 Å². The molecule has 0 unspecified atom stereocenters. The third-order valence-corrected chi connectivity index (χ3v) is 5.62. The van der Waals surface area contributed by atoms with Gasteiger partial charge in [-0.15, -0.1) is 10.2 Å². The summed E-state index contributed by atoms with van der Waals surface area (Å²) in [6.07, 6.45) is 12.9. The minimum absolute atomic E-state index is 0.289. The predicted molar refractivity (Wildman–Crippen MR) is 138 cm³/mol. The van der Waals surface area contributed by atoms with Crippen LogP contribution in [0, 0.1) is 0 Å². The number of azo groups is 1. The van der Waals surface area contributed by atoms with E-state index in [-0.39, 0.29) is 13.2 Å². The first kappa shape index (κ1) is 27.8. The Morgan fingerprint density at radius 3 is 1.24 bits per heavy atom. The van der Waals surface area contributed by atoms with Gasteiger partial charge < -0.3 is 19.7 Å². The van der Waals surface area contributed by atoms with Crippen molar-refractivity contribution < 1.29 is 19.7 Å². The lowest BCUT2D eigenvalue weighted by Crippen LogP contribution is -1.98. The highest BCUT2D eigenvalue weighted by Crippen LogP contribution is 2.32. The molecule has 34 heavy (non-hydrogen) atoms. The molecule has 0 amide bonds. The molecule has 0 atom stereocenters. The zero-order chi connectivity index (χ0) is 24.1. The second-order valence-corrected chi connectivity index (χ2v) is 8.52. The maximum Gasteiger partial charge on any atom is 0.146 e. The lowest BCUT2D eigenvalue weighted by atomic mass is 10.1. The fraction of sp³-hybridized carbons (Fsp3) is 0.571. The van der Waals surface area contributed by atoms with Crippen LogP contribution in [0.5, 0.6) is 11.5 Å². The van der Waals surface area contributed by atoms with Crippen LogP contribution < -0.4 is 9.47 Å². The van der Waals surface area contributed by atoms with Crippen LogP contribution in [-0.2, 0) is 0 Å². The van der Waals surface area contributed by atoms with Crippen LogP contribution in [0.2, 0.25) is 0 Å². The van der Waals surface area contributed by atoms with E-state index in [4.69, 9.17) is 19.7 Å². The molecule has 0 radical (unpaired) electrons. The molecule has 0 aliphatic rings. The van der Waals surface area contributed by atoms with E-state index in [0.717, 1.165) is 75.7 Å². The van der Waals surface area contributed by atoms with Crippen molar-refractivity contribution in [2.45, 2.75) is 77.0 Å². The lowest BCUT2D eigenvalue weighted by molar-refractivity contribution is 0.280. The topological polar surface area (TPSA) is 83.6 Å². The highest BCUT2D eigenvalue weighted by atomic mass is 16.5. The Bertz CT molecular complexity index is 732. The fourth-order valence-electron chi connectivity index (χ4n) is 3.64. The first-order valence-electron chi connectivity index (χ1n) is 12.9. The summed E-state index contributed by atoms with van der Waals surface area (Å²) >= 11 is 0. The minimum atomic E-state index is 0.289. The van der Waals surface area contributed by atoms with Crippen LogP contribution in [0.4, 0.5) is 11.4 Å². The second-order valence-electron chi connectivity index (χ2n) is 8.52. The van der Waals surface area contributed by atoms with Gasteiger partial charge in [0.15, 0.2) is 0 Å². The van der Waals surface area contributed by atoms with Crippen LogP contribution >= 0.6 is 0 Å². The van der Waals surface area contributed by atoms with Gasteiger partial charge in [0.1, 0.15) is 22.9 Å². The number of rotatable bonds is 20. The summed E-state index contributed by atoms with van der Waals surface area (Å²) in [5, 5.41) is 26.6. The molecule has 0 aromatic heterocycles. The number of hydrogen-bond acceptors (Lipinski definition) is 6. The van der Waals surface area contributed by atoms with Crippen molar-refractivity contribution in [1.82, 2.24) is 0 Å². The van der Waals surface area contributed by atoms with Gasteiger partial charge >= 0.3 is 0 Å². The van der Waals surface area contributed by atoms with E-state index in [1.54, 1.807) is 0 Å². The maximum absolute atomic E-state index is 8.83. The first-order valence-corrected chi connectivity index (χ1v) is 12.9. The second kappa shape index (κ2) is 18.9. The molecule has 0 spiro atoms. The molecular weight excluding hydrogens is 428 g/mol. The molecule has 0 fully saturated rings. The van der Waals surface area contributed by atoms with E-state index in [1.165, 1.54) is 12.8 Å². The van der Waals surface area contributed by atoms with Crippen molar-refractivity contribution in [3.05, 3.63) is 48.5 Å². The maximum atomic E-state index is 8.83. The summed E-state index contributed by atoms with van der Waals surface area (Å²) in [4.78, 5) is 0. The van der Waals surface area contributed by atoms with Crippen LogP contribution in [0.1, 0.15) is 77.0 Å². The van der Waals surface area contributed by atoms with Crippen molar-refractivity contribution in [3.63, 3.8) is 0 Å². The third kappa shape index (κ3) is 12.1. The van der Waals surface area contributed by atoms with Gasteiger partial charge in [-0.1, -0.05) is 75.6 Å². The van der Waals surface area contributed by atoms with Crippen LogP contribution in [0.3, 0.4) is 0 Å². The molecule has 2 aromatic rings. The van der Waals surface area contributed by atoms with Crippen LogP contribution in [-0.4, -0.2) is 36.6 Å². The Morgan fingerprint density at radius 2 is 0.824 bits per heavy atom. The zero-order valence-electron chi connectivity index (χ0n) is 20.5. The number of unbranched alkanes of at least 4 members (excludes halogenated alkanes) is 10. The number of nitrogens with zero attached hydrogens (tertiary/aromatic N) is 2. The van der Waals surface area contributed by atoms with Gasteiger partial charge in [-0.05, 0) is 49.9 Å². The Kier molecular flexibility index (Phi) is 15.5. The molecule has 0 heterocycles. The molecule has 0 bridgehead atoms. The summed E-state index contributed by atoms with van der Waals surface area (Å²) in [7, 11) is 0. The third-order valence-electron chi connectivity index (χ3n) is 5.62. The summed E-state index contributed by atoms with van der Waals surface area (Å²) in [6.45, 7) is 1.90. The normalized spacial score (nSPS) is 11.2. The molecule has 0 saturated carbocycles. The molecule has 0 saturated heterocycles. The Labute approximate surface area is 205 Å². The molecule has 2 rings (SSSR count). The van der Waals surface area contributed by atoms with Gasteiger partial charge in [-0.2, -0.15) is 0 Å². The average molecular weight is 471 g/mol. The van der Waals surface area contributed by atoms with E-state index < -0.39 is 0 Å². The highest BCUT2D eigenvalue weighted by molar-refractivity contribution is 5.54. The SMILES string of the molecule is OCCCCCCCCOc1ccccc1N=Nc1ccccc1OCCCCCCCCO. The molecular formula is C28H42N2O4. The number of para-hydroxylation sites is 2. The van der Waals surface area contributed by atoms with E-state index in [9.17, 15) is 0 Å². The van der Waals surface area contributed by atoms with E-state index >= 15 is 0 Å². The zero-order valence-corrected chi connectivity index (χ0v) is 20.5.